The highest BCUT2D eigenvalue weighted by atomic mass is 32.2. The van der Waals surface area contributed by atoms with Crippen molar-refractivity contribution in [3.8, 4) is 5.69 Å². The van der Waals surface area contributed by atoms with E-state index < -0.39 is 23.3 Å². The second kappa shape index (κ2) is 10.2. The van der Waals surface area contributed by atoms with Gasteiger partial charge in [0.15, 0.2) is 0 Å². The first kappa shape index (κ1) is 24.2. The van der Waals surface area contributed by atoms with Crippen LogP contribution in [-0.4, -0.2) is 54.7 Å². The van der Waals surface area contributed by atoms with Crippen molar-refractivity contribution in [3.05, 3.63) is 88.6 Å². The maximum atomic E-state index is 13.0. The summed E-state index contributed by atoms with van der Waals surface area (Å²) < 4.78 is 1.73. The van der Waals surface area contributed by atoms with Crippen molar-refractivity contribution >= 4 is 41.3 Å². The number of aromatic nitrogens is 2. The monoisotopic (exact) mass is 521 g/mol. The van der Waals surface area contributed by atoms with Gasteiger partial charge >= 0.3 is 5.97 Å². The van der Waals surface area contributed by atoms with Crippen molar-refractivity contribution in [1.29, 1.82) is 0 Å². The summed E-state index contributed by atoms with van der Waals surface area (Å²) in [6.07, 6.45) is 1.75. The van der Waals surface area contributed by atoms with Gasteiger partial charge in [0.1, 0.15) is 22.1 Å². The van der Waals surface area contributed by atoms with Crippen LogP contribution in [0, 0.1) is 0 Å². The summed E-state index contributed by atoms with van der Waals surface area (Å²) in [6.45, 7) is 0.314. The Morgan fingerprint density at radius 1 is 1.11 bits per heavy atom. The summed E-state index contributed by atoms with van der Waals surface area (Å²) in [7, 11) is 0. The first-order valence-electron chi connectivity index (χ1n) is 11.2. The quantitative estimate of drug-likeness (QED) is 0.385. The average Bonchev–Trinajstić information content (AvgIpc) is 3.35. The number of benzene rings is 2. The van der Waals surface area contributed by atoms with Gasteiger partial charge < -0.3 is 16.2 Å². The number of carbonyl (C=O) groups excluding carboxylic acids is 2. The van der Waals surface area contributed by atoms with E-state index in [1.54, 1.807) is 16.9 Å². The molecule has 3 heterocycles. The third-order valence-corrected chi connectivity index (χ3v) is 8.54. The Morgan fingerprint density at radius 3 is 2.56 bits per heavy atom. The number of carboxylic acid groups (broad SMARTS) is 1. The molecule has 0 spiro atoms. The molecule has 0 bridgehead atoms. The molecule has 4 N–H and O–H groups in total. The predicted molar refractivity (Wildman–Crippen MR) is 137 cm³/mol. The number of fused-ring (bicyclic) bond motifs is 1. The summed E-state index contributed by atoms with van der Waals surface area (Å²) in [6, 6.07) is 17.9. The fraction of sp³-hybridized carbons (Fsp3) is 0.200. The highest BCUT2D eigenvalue weighted by molar-refractivity contribution is 8.06. The van der Waals surface area contributed by atoms with Gasteiger partial charge in [0.2, 0.25) is 5.91 Å². The molecule has 1 aromatic heterocycles. The number of nitrogens with two attached hydrogens (primary N) is 1. The lowest BCUT2D eigenvalue weighted by molar-refractivity contribution is -0.150. The molecule has 5 rings (SSSR count). The van der Waals surface area contributed by atoms with E-state index in [-0.39, 0.29) is 18.0 Å². The third-order valence-electron chi connectivity index (χ3n) is 5.98. The summed E-state index contributed by atoms with van der Waals surface area (Å²) in [5.41, 5.74) is 8.23. The van der Waals surface area contributed by atoms with Crippen LogP contribution in [0.5, 0.6) is 0 Å². The normalized spacial score (nSPS) is 19.0. The zero-order valence-corrected chi connectivity index (χ0v) is 20.7. The standard InChI is InChI=1S/C25H23N5O4S2/c26-13-16-7-5-4-6-15(16)12-19(31)28-21-23(32)29-22(25(33)34)18(14-35-24(21)29)36-20-10-11-27-30(20)17-8-2-1-3-9-17/h1-11,21,24H,12-14,26H2,(H,28,31)(H,33,34)/t21-,24+/m1/s1. The molecule has 0 aliphatic carbocycles. The lowest BCUT2D eigenvalue weighted by Gasteiger charge is -2.49. The summed E-state index contributed by atoms with van der Waals surface area (Å²) in [5.74, 6) is -1.52. The van der Waals surface area contributed by atoms with Crippen LogP contribution >= 0.6 is 23.5 Å². The van der Waals surface area contributed by atoms with E-state index in [1.807, 2.05) is 54.6 Å². The number of hydrogen-bond acceptors (Lipinski definition) is 7. The van der Waals surface area contributed by atoms with Crippen LogP contribution in [0.15, 0.2) is 82.5 Å². The fourth-order valence-corrected chi connectivity index (χ4v) is 6.79. The lowest BCUT2D eigenvalue weighted by atomic mass is 10.0. The Hall–Kier alpha value is -3.54. The predicted octanol–water partition coefficient (Wildman–Crippen LogP) is 2.36. The molecule has 2 aliphatic rings. The minimum Gasteiger partial charge on any atom is -0.477 e. The molecule has 184 valence electrons. The van der Waals surface area contributed by atoms with Crippen LogP contribution < -0.4 is 11.1 Å². The Labute approximate surface area is 215 Å². The van der Waals surface area contributed by atoms with Crippen molar-refractivity contribution in [2.45, 2.75) is 29.4 Å². The van der Waals surface area contributed by atoms with E-state index >= 15 is 0 Å². The number of hydrogen-bond donors (Lipinski definition) is 3. The van der Waals surface area contributed by atoms with E-state index in [2.05, 4.69) is 10.4 Å². The Kier molecular flexibility index (Phi) is 6.86. The lowest BCUT2D eigenvalue weighted by Crippen LogP contribution is -2.70. The molecule has 3 aromatic rings. The van der Waals surface area contributed by atoms with E-state index in [1.165, 1.54) is 28.4 Å². The van der Waals surface area contributed by atoms with Crippen molar-refractivity contribution < 1.29 is 19.5 Å². The molecule has 1 saturated heterocycles. The van der Waals surface area contributed by atoms with Gasteiger partial charge in [-0.2, -0.15) is 5.10 Å². The SMILES string of the molecule is NCc1ccccc1CC(=O)N[C@@H]1C(=O)N2C(C(=O)O)=C(Sc3ccnn3-c3ccccc3)CS[C@@H]12. The van der Waals surface area contributed by atoms with E-state index in [0.29, 0.717) is 17.2 Å². The van der Waals surface area contributed by atoms with Gasteiger partial charge in [-0.15, -0.1) is 11.8 Å². The molecule has 2 aromatic carbocycles. The van der Waals surface area contributed by atoms with Gasteiger partial charge in [-0.1, -0.05) is 54.2 Å². The molecule has 1 fully saturated rings. The van der Waals surface area contributed by atoms with Gasteiger partial charge in [0, 0.05) is 17.2 Å². The van der Waals surface area contributed by atoms with E-state index in [4.69, 9.17) is 5.73 Å². The Morgan fingerprint density at radius 2 is 1.83 bits per heavy atom. The second-order valence-electron chi connectivity index (χ2n) is 8.20. The number of β-lactam (4-membered cyclic amide) rings is 1. The van der Waals surface area contributed by atoms with E-state index in [9.17, 15) is 19.5 Å². The first-order valence-corrected chi connectivity index (χ1v) is 13.1. The molecular weight excluding hydrogens is 498 g/mol. The van der Waals surface area contributed by atoms with Gasteiger partial charge in [0.05, 0.1) is 18.3 Å². The largest absolute Gasteiger partial charge is 0.477 e. The van der Waals surface area contributed by atoms with Gasteiger partial charge in [0.25, 0.3) is 5.91 Å². The highest BCUT2D eigenvalue weighted by Crippen LogP contribution is 2.45. The Balaban J connectivity index is 1.32. The zero-order valence-electron chi connectivity index (χ0n) is 19.0. The van der Waals surface area contributed by atoms with Gasteiger partial charge in [-0.05, 0) is 29.3 Å². The molecule has 9 nitrogen and oxygen atoms in total. The van der Waals surface area contributed by atoms with Crippen LogP contribution in [0.3, 0.4) is 0 Å². The smallest absolute Gasteiger partial charge is 0.353 e. The third kappa shape index (κ3) is 4.52. The zero-order chi connectivity index (χ0) is 25.2. The van der Waals surface area contributed by atoms with Crippen molar-refractivity contribution in [2.75, 3.05) is 5.75 Å². The summed E-state index contributed by atoms with van der Waals surface area (Å²) in [5, 5.41) is 17.4. The molecule has 0 unspecified atom stereocenters. The van der Waals surface area contributed by atoms with E-state index in [0.717, 1.165) is 21.8 Å². The number of carboxylic acids is 1. The van der Waals surface area contributed by atoms with Gasteiger partial charge in [-0.3, -0.25) is 14.5 Å². The molecule has 36 heavy (non-hydrogen) atoms. The molecule has 2 amide bonds. The molecular formula is C25H23N5O4S2. The number of amides is 2. The second-order valence-corrected chi connectivity index (χ2v) is 10.4. The average molecular weight is 522 g/mol. The van der Waals surface area contributed by atoms with Crippen LogP contribution in [0.4, 0.5) is 0 Å². The minimum atomic E-state index is -1.18. The minimum absolute atomic E-state index is 0.0476. The van der Waals surface area contributed by atoms with Crippen molar-refractivity contribution in [1.82, 2.24) is 20.0 Å². The highest BCUT2D eigenvalue weighted by Gasteiger charge is 2.54. The molecule has 2 atom stereocenters. The number of nitrogens with zero attached hydrogens (tertiary/aromatic N) is 3. The number of para-hydroxylation sites is 1. The summed E-state index contributed by atoms with van der Waals surface area (Å²) >= 11 is 2.71. The molecule has 0 radical (unpaired) electrons. The first-order chi connectivity index (χ1) is 17.5. The number of thioether (sulfide) groups is 2. The number of carbonyl (C=O) groups is 3. The van der Waals surface area contributed by atoms with Crippen molar-refractivity contribution in [3.63, 3.8) is 0 Å². The maximum absolute atomic E-state index is 13.0. The van der Waals surface area contributed by atoms with Crippen LogP contribution in [0.2, 0.25) is 0 Å². The topological polar surface area (TPSA) is 131 Å². The van der Waals surface area contributed by atoms with Crippen LogP contribution in [-0.2, 0) is 27.3 Å². The number of aliphatic carboxylic acids is 1. The molecule has 11 heteroatoms. The van der Waals surface area contributed by atoms with Crippen LogP contribution in [0.25, 0.3) is 5.69 Å². The van der Waals surface area contributed by atoms with Crippen LogP contribution in [0.1, 0.15) is 11.1 Å². The number of nitrogens with one attached hydrogen (secondary N) is 1. The maximum Gasteiger partial charge on any atom is 0.353 e. The molecule has 0 saturated carbocycles. The van der Waals surface area contributed by atoms with Crippen molar-refractivity contribution in [2.24, 2.45) is 5.73 Å². The fourth-order valence-electron chi connectivity index (χ4n) is 4.25. The molecule has 2 aliphatic heterocycles. The number of rotatable bonds is 8. The summed E-state index contributed by atoms with van der Waals surface area (Å²) in [4.78, 5) is 39.8. The van der Waals surface area contributed by atoms with Gasteiger partial charge in [-0.25, -0.2) is 9.48 Å². The Bertz CT molecular complexity index is 1360.